The number of benzene rings is 1. The Morgan fingerprint density at radius 3 is 2.88 bits per heavy atom. The van der Waals surface area contributed by atoms with Crippen molar-refractivity contribution < 1.29 is 9.53 Å². The second kappa shape index (κ2) is 7.27. The highest BCUT2D eigenvalue weighted by Gasteiger charge is 2.31. The largest absolute Gasteiger partial charge is 0.496 e. The van der Waals surface area contributed by atoms with Gasteiger partial charge in [-0.1, -0.05) is 17.7 Å². The molecule has 1 aliphatic rings. The third-order valence-electron chi connectivity index (χ3n) is 4.74. The first-order valence-corrected chi connectivity index (χ1v) is 8.70. The highest BCUT2D eigenvalue weighted by Crippen LogP contribution is 2.28. The van der Waals surface area contributed by atoms with Gasteiger partial charge < -0.3 is 9.64 Å². The fourth-order valence-corrected chi connectivity index (χ4v) is 3.42. The summed E-state index contributed by atoms with van der Waals surface area (Å²) in [5.74, 6) is 0.954. The van der Waals surface area contributed by atoms with Gasteiger partial charge in [0.05, 0.1) is 25.0 Å². The third-order valence-corrected chi connectivity index (χ3v) is 4.74. The molecule has 1 fully saturated rings. The van der Waals surface area contributed by atoms with Crippen LogP contribution in [0.15, 0.2) is 30.6 Å². The van der Waals surface area contributed by atoms with Crippen LogP contribution >= 0.6 is 0 Å². The van der Waals surface area contributed by atoms with E-state index in [-0.39, 0.29) is 18.0 Å². The van der Waals surface area contributed by atoms with E-state index in [0.717, 1.165) is 36.4 Å². The molecule has 0 aliphatic carbocycles. The average Bonchev–Trinajstić information content (AvgIpc) is 3.03. The zero-order valence-electron chi connectivity index (χ0n) is 15.3. The fourth-order valence-electron chi connectivity index (χ4n) is 3.42. The summed E-state index contributed by atoms with van der Waals surface area (Å²) in [6, 6.07) is 5.95. The highest BCUT2D eigenvalue weighted by atomic mass is 16.5. The summed E-state index contributed by atoms with van der Waals surface area (Å²) in [6.45, 7) is 4.88. The monoisotopic (exact) mass is 342 g/mol. The first-order chi connectivity index (χ1) is 12.0. The maximum absolute atomic E-state index is 12.9. The smallest absolute Gasteiger partial charge is 0.244 e. The number of carbonyl (C=O) groups is 1. The van der Waals surface area contributed by atoms with Crippen LogP contribution in [0.1, 0.15) is 36.9 Å². The minimum Gasteiger partial charge on any atom is -0.496 e. The normalized spacial score (nSPS) is 19.1. The number of carbonyl (C=O) groups excluding carboxylic acids is 1. The van der Waals surface area contributed by atoms with Crippen LogP contribution in [0.5, 0.6) is 5.75 Å². The van der Waals surface area contributed by atoms with E-state index in [1.807, 2.05) is 30.3 Å². The second-order valence-electron chi connectivity index (χ2n) is 6.69. The van der Waals surface area contributed by atoms with Crippen molar-refractivity contribution in [3.63, 3.8) is 0 Å². The summed E-state index contributed by atoms with van der Waals surface area (Å²) in [5.41, 5.74) is 3.12. The molecule has 2 heterocycles. The molecular weight excluding hydrogens is 316 g/mol. The molecule has 6 nitrogen and oxygen atoms in total. The highest BCUT2D eigenvalue weighted by molar-refractivity contribution is 5.97. The van der Waals surface area contributed by atoms with Crippen molar-refractivity contribution in [3.8, 4) is 5.75 Å². The van der Waals surface area contributed by atoms with Crippen molar-refractivity contribution in [1.29, 1.82) is 0 Å². The van der Waals surface area contributed by atoms with E-state index in [9.17, 15) is 4.79 Å². The van der Waals surface area contributed by atoms with Crippen LogP contribution in [0.25, 0.3) is 0 Å². The minimum absolute atomic E-state index is 0.0256. The first-order valence-electron chi connectivity index (χ1n) is 8.70. The van der Waals surface area contributed by atoms with Crippen molar-refractivity contribution >= 4 is 11.6 Å². The molecule has 1 aliphatic heterocycles. The van der Waals surface area contributed by atoms with Gasteiger partial charge in [0.2, 0.25) is 5.91 Å². The van der Waals surface area contributed by atoms with Gasteiger partial charge in [-0.25, -0.2) is 0 Å². The molecule has 0 bridgehead atoms. The van der Waals surface area contributed by atoms with Gasteiger partial charge in [-0.3, -0.25) is 14.8 Å². The predicted octanol–water partition coefficient (Wildman–Crippen LogP) is 2.58. The number of aryl methyl sites for hydroxylation is 2. The summed E-state index contributed by atoms with van der Waals surface area (Å²) in [4.78, 5) is 14.7. The topological polar surface area (TPSA) is 59.4 Å². The van der Waals surface area contributed by atoms with Crippen molar-refractivity contribution in [2.24, 2.45) is 7.05 Å². The predicted molar refractivity (Wildman–Crippen MR) is 97.9 cm³/mol. The molecule has 2 aromatic rings. The van der Waals surface area contributed by atoms with Crippen LogP contribution in [0, 0.1) is 6.92 Å². The van der Waals surface area contributed by atoms with Crippen LogP contribution in [0.2, 0.25) is 0 Å². The zero-order chi connectivity index (χ0) is 18.0. The fraction of sp³-hybridized carbons (Fsp3) is 0.474. The van der Waals surface area contributed by atoms with Gasteiger partial charge in [-0.2, -0.15) is 5.10 Å². The quantitative estimate of drug-likeness (QED) is 0.907. The molecule has 3 rings (SSSR count). The van der Waals surface area contributed by atoms with Crippen LogP contribution < -0.4 is 15.0 Å². The molecule has 2 atom stereocenters. The lowest BCUT2D eigenvalue weighted by atomic mass is 9.99. The van der Waals surface area contributed by atoms with E-state index in [4.69, 9.17) is 4.74 Å². The number of nitrogens with one attached hydrogen (secondary N) is 1. The summed E-state index contributed by atoms with van der Waals surface area (Å²) < 4.78 is 7.21. The molecular formula is C19H26N4O2. The zero-order valence-corrected chi connectivity index (χ0v) is 15.3. The van der Waals surface area contributed by atoms with E-state index in [1.165, 1.54) is 5.56 Å². The van der Waals surface area contributed by atoms with E-state index in [1.54, 1.807) is 18.0 Å². The standard InChI is InChI=1S/C19H26N4O2/c1-13-7-8-18(25-4)16(10-13)14(2)21-17-6-5-9-23(19(17)24)15-11-20-22(3)12-15/h7-8,10-12,14,17,21H,5-6,9H2,1-4H3. The van der Waals surface area contributed by atoms with Gasteiger partial charge in [0.15, 0.2) is 0 Å². The number of anilines is 1. The minimum atomic E-state index is -0.200. The molecule has 1 saturated heterocycles. The molecule has 0 spiro atoms. The molecule has 1 aromatic heterocycles. The Labute approximate surface area is 148 Å². The van der Waals surface area contributed by atoms with Crippen molar-refractivity contribution in [1.82, 2.24) is 15.1 Å². The number of aromatic nitrogens is 2. The Hall–Kier alpha value is -2.34. The molecule has 2 unspecified atom stereocenters. The van der Waals surface area contributed by atoms with E-state index in [0.29, 0.717) is 0 Å². The Bertz CT molecular complexity index is 756. The van der Waals surface area contributed by atoms with E-state index >= 15 is 0 Å². The van der Waals surface area contributed by atoms with Gasteiger partial charge in [0.25, 0.3) is 0 Å². The molecule has 1 N–H and O–H groups in total. The lowest BCUT2D eigenvalue weighted by Crippen LogP contribution is -2.51. The van der Waals surface area contributed by atoms with Crippen molar-refractivity contribution in [2.45, 2.75) is 38.8 Å². The number of nitrogens with zero attached hydrogens (tertiary/aromatic N) is 3. The summed E-state index contributed by atoms with van der Waals surface area (Å²) in [7, 11) is 3.54. The summed E-state index contributed by atoms with van der Waals surface area (Å²) in [6.07, 6.45) is 5.44. The van der Waals surface area contributed by atoms with Crippen LogP contribution in [0.4, 0.5) is 5.69 Å². The molecule has 1 aromatic carbocycles. The Morgan fingerprint density at radius 2 is 2.20 bits per heavy atom. The van der Waals surface area contributed by atoms with E-state index in [2.05, 4.69) is 30.3 Å². The molecule has 0 radical (unpaired) electrons. The average molecular weight is 342 g/mol. The number of piperidine rings is 1. The summed E-state index contributed by atoms with van der Waals surface area (Å²) >= 11 is 0. The maximum atomic E-state index is 12.9. The summed E-state index contributed by atoms with van der Waals surface area (Å²) in [5, 5.41) is 7.67. The third kappa shape index (κ3) is 3.69. The van der Waals surface area contributed by atoms with Gasteiger partial charge in [-0.05, 0) is 32.8 Å². The molecule has 1 amide bonds. The number of hydrogen-bond donors (Lipinski definition) is 1. The van der Waals surface area contributed by atoms with E-state index < -0.39 is 0 Å². The van der Waals surface area contributed by atoms with Gasteiger partial charge >= 0.3 is 0 Å². The first kappa shape index (κ1) is 17.5. The lowest BCUT2D eigenvalue weighted by molar-refractivity contribution is -0.122. The number of rotatable bonds is 5. The van der Waals surface area contributed by atoms with Gasteiger partial charge in [-0.15, -0.1) is 0 Å². The molecule has 25 heavy (non-hydrogen) atoms. The molecule has 6 heteroatoms. The number of ether oxygens (including phenoxy) is 1. The molecule has 0 saturated carbocycles. The van der Waals surface area contributed by atoms with Gasteiger partial charge in [0.1, 0.15) is 5.75 Å². The number of methoxy groups -OCH3 is 1. The van der Waals surface area contributed by atoms with Crippen molar-refractivity contribution in [2.75, 3.05) is 18.6 Å². The van der Waals surface area contributed by atoms with Crippen molar-refractivity contribution in [3.05, 3.63) is 41.7 Å². The van der Waals surface area contributed by atoms with Crippen LogP contribution in [0.3, 0.4) is 0 Å². The lowest BCUT2D eigenvalue weighted by Gasteiger charge is -2.33. The number of hydrogen-bond acceptors (Lipinski definition) is 4. The Balaban J connectivity index is 1.76. The number of amides is 1. The van der Waals surface area contributed by atoms with Crippen LogP contribution in [-0.2, 0) is 11.8 Å². The molecule has 134 valence electrons. The Kier molecular flexibility index (Phi) is 5.08. The van der Waals surface area contributed by atoms with Crippen LogP contribution in [-0.4, -0.2) is 35.4 Å². The van der Waals surface area contributed by atoms with Gasteiger partial charge in [0, 0.05) is 31.4 Å². The second-order valence-corrected chi connectivity index (χ2v) is 6.69. The maximum Gasteiger partial charge on any atom is 0.244 e. The SMILES string of the molecule is COc1ccc(C)cc1C(C)NC1CCCN(c2cnn(C)c2)C1=O. The Morgan fingerprint density at radius 1 is 1.40 bits per heavy atom.